The lowest BCUT2D eigenvalue weighted by Gasteiger charge is -2.22. The highest BCUT2D eigenvalue weighted by Gasteiger charge is 2.48. The number of amides is 1. The van der Waals surface area contributed by atoms with Crippen LogP contribution in [-0.4, -0.2) is 27.0 Å². The van der Waals surface area contributed by atoms with Crippen molar-refractivity contribution in [2.75, 3.05) is 4.90 Å². The van der Waals surface area contributed by atoms with Crippen molar-refractivity contribution < 1.29 is 23.5 Å². The molecule has 0 aliphatic carbocycles. The van der Waals surface area contributed by atoms with E-state index in [9.17, 15) is 23.5 Å². The largest absolute Gasteiger partial charge is 0.507 e. The number of anilines is 1. The number of carbonyl (C=O) groups is 2. The molecule has 1 aliphatic heterocycles. The number of carbonyl (C=O) groups excluding carboxylic acids is 2. The van der Waals surface area contributed by atoms with E-state index >= 15 is 0 Å². The maximum atomic E-state index is 13.5. The summed E-state index contributed by atoms with van der Waals surface area (Å²) < 4.78 is 28.0. The fourth-order valence-corrected chi connectivity index (χ4v) is 5.93. The highest BCUT2D eigenvalue weighted by molar-refractivity contribution is 9.10. The molecule has 6 nitrogen and oxygen atoms in total. The molecule has 3 aromatic carbocycles. The molecule has 0 saturated carbocycles. The van der Waals surface area contributed by atoms with E-state index in [2.05, 4.69) is 26.1 Å². The van der Waals surface area contributed by atoms with Crippen LogP contribution in [0, 0.1) is 11.6 Å². The van der Waals surface area contributed by atoms with E-state index < -0.39 is 29.3 Å². The SMILES string of the molecule is O=C1C(=O)N(c2nnc(SCc3ccc(F)cc3)s2)C(c2ccc(Br)cc2)/C1=C(/O)c1ccc(F)cc1. The molecule has 11 heteroatoms. The Morgan fingerprint density at radius 1 is 0.946 bits per heavy atom. The molecule has 5 rings (SSSR count). The quantitative estimate of drug-likeness (QED) is 0.0895. The standard InChI is InChI=1S/C26H16BrF2N3O3S2/c27-17-7-3-15(4-8-17)21-20(22(33)16-5-11-19(29)12-6-16)23(34)24(35)32(21)25-30-31-26(37-25)36-13-14-1-9-18(28)10-2-14/h1-12,21,33H,13H2/b22-20-. The second-order valence-electron chi connectivity index (χ2n) is 7.99. The summed E-state index contributed by atoms with van der Waals surface area (Å²) in [4.78, 5) is 27.7. The van der Waals surface area contributed by atoms with Crippen LogP contribution in [0.2, 0.25) is 0 Å². The summed E-state index contributed by atoms with van der Waals surface area (Å²) in [5, 5.41) is 19.6. The Balaban J connectivity index is 1.53. The molecule has 1 atom stereocenters. The van der Waals surface area contributed by atoms with Gasteiger partial charge in [0.15, 0.2) is 4.34 Å². The van der Waals surface area contributed by atoms with E-state index in [0.29, 0.717) is 15.7 Å². The normalized spacial score (nSPS) is 16.9. The summed E-state index contributed by atoms with van der Waals surface area (Å²) in [5.74, 6) is -2.47. The van der Waals surface area contributed by atoms with Crippen LogP contribution in [0.25, 0.3) is 5.76 Å². The Hall–Kier alpha value is -3.41. The number of Topliss-reactive ketones (excluding diaryl/α,β-unsaturated/α-hetero) is 1. The zero-order chi connectivity index (χ0) is 26.1. The van der Waals surface area contributed by atoms with Gasteiger partial charge in [0.05, 0.1) is 11.6 Å². The van der Waals surface area contributed by atoms with Crippen molar-refractivity contribution in [2.24, 2.45) is 0 Å². The van der Waals surface area contributed by atoms with Gasteiger partial charge >= 0.3 is 5.91 Å². The molecule has 1 unspecified atom stereocenters. The van der Waals surface area contributed by atoms with Crippen LogP contribution in [0.1, 0.15) is 22.7 Å². The van der Waals surface area contributed by atoms with E-state index in [-0.39, 0.29) is 22.1 Å². The minimum Gasteiger partial charge on any atom is -0.507 e. The number of aliphatic hydroxyl groups is 1. The van der Waals surface area contributed by atoms with E-state index in [1.807, 2.05) is 0 Å². The number of hydrogen-bond acceptors (Lipinski definition) is 7. The van der Waals surface area contributed by atoms with Gasteiger partial charge in [-0.15, -0.1) is 10.2 Å². The molecule has 37 heavy (non-hydrogen) atoms. The molecule has 1 N–H and O–H groups in total. The van der Waals surface area contributed by atoms with Crippen LogP contribution >= 0.6 is 39.0 Å². The van der Waals surface area contributed by atoms with Gasteiger partial charge in [-0.3, -0.25) is 14.5 Å². The van der Waals surface area contributed by atoms with E-state index in [1.165, 1.54) is 40.9 Å². The summed E-state index contributed by atoms with van der Waals surface area (Å²) in [6.07, 6.45) is 0. The molecule has 1 fully saturated rings. The van der Waals surface area contributed by atoms with E-state index in [0.717, 1.165) is 33.5 Å². The first-order chi connectivity index (χ1) is 17.8. The third kappa shape index (κ3) is 5.20. The number of ketones is 1. The lowest BCUT2D eigenvalue weighted by molar-refractivity contribution is -0.132. The highest BCUT2D eigenvalue weighted by atomic mass is 79.9. The van der Waals surface area contributed by atoms with E-state index in [4.69, 9.17) is 0 Å². The van der Waals surface area contributed by atoms with Gasteiger partial charge in [0.2, 0.25) is 5.13 Å². The topological polar surface area (TPSA) is 83.4 Å². The van der Waals surface area contributed by atoms with Crippen LogP contribution in [0.5, 0.6) is 0 Å². The molecule has 0 radical (unpaired) electrons. The minimum absolute atomic E-state index is 0.130. The Bertz CT molecular complexity index is 1510. The Morgan fingerprint density at radius 2 is 1.57 bits per heavy atom. The van der Waals surface area contributed by atoms with Crippen molar-refractivity contribution in [2.45, 2.75) is 16.1 Å². The molecular weight excluding hydrogens is 584 g/mol. The van der Waals surface area contributed by atoms with Crippen molar-refractivity contribution in [1.82, 2.24) is 10.2 Å². The average molecular weight is 600 g/mol. The van der Waals surface area contributed by atoms with Crippen molar-refractivity contribution in [3.63, 3.8) is 0 Å². The summed E-state index contributed by atoms with van der Waals surface area (Å²) in [5.41, 5.74) is 1.53. The van der Waals surface area contributed by atoms with Gasteiger partial charge in [-0.25, -0.2) is 8.78 Å². The molecule has 0 spiro atoms. The number of rotatable bonds is 6. The monoisotopic (exact) mass is 599 g/mol. The molecule has 1 aliphatic rings. The van der Waals surface area contributed by atoms with Gasteiger partial charge in [-0.2, -0.15) is 0 Å². The number of benzene rings is 3. The summed E-state index contributed by atoms with van der Waals surface area (Å²) in [7, 11) is 0. The van der Waals surface area contributed by atoms with Gasteiger partial charge in [0.25, 0.3) is 5.78 Å². The molecule has 2 heterocycles. The minimum atomic E-state index is -0.971. The van der Waals surface area contributed by atoms with Gasteiger partial charge < -0.3 is 5.11 Å². The molecule has 1 aromatic heterocycles. The van der Waals surface area contributed by atoms with Gasteiger partial charge in [-0.05, 0) is 59.7 Å². The second-order valence-corrected chi connectivity index (χ2v) is 11.1. The van der Waals surface area contributed by atoms with Crippen molar-refractivity contribution in [1.29, 1.82) is 0 Å². The van der Waals surface area contributed by atoms with E-state index in [1.54, 1.807) is 36.4 Å². The van der Waals surface area contributed by atoms with Crippen LogP contribution in [0.3, 0.4) is 0 Å². The number of thioether (sulfide) groups is 1. The maximum absolute atomic E-state index is 13.5. The Kier molecular flexibility index (Phi) is 7.18. The van der Waals surface area contributed by atoms with Crippen molar-refractivity contribution in [3.05, 3.63) is 111 Å². The zero-order valence-electron chi connectivity index (χ0n) is 18.8. The first kappa shape index (κ1) is 25.2. The first-order valence-corrected chi connectivity index (χ1v) is 13.4. The third-order valence-corrected chi connectivity index (χ3v) is 8.28. The van der Waals surface area contributed by atoms with Crippen molar-refractivity contribution in [3.8, 4) is 0 Å². The summed E-state index contributed by atoms with van der Waals surface area (Å²) in [6, 6.07) is 17.1. The Morgan fingerprint density at radius 3 is 2.22 bits per heavy atom. The lowest BCUT2D eigenvalue weighted by atomic mass is 9.95. The van der Waals surface area contributed by atoms with Gasteiger partial charge in [0, 0.05) is 15.8 Å². The number of aliphatic hydroxyl groups excluding tert-OH is 1. The average Bonchev–Trinajstić information content (AvgIpc) is 3.46. The summed E-state index contributed by atoms with van der Waals surface area (Å²) in [6.45, 7) is 0. The van der Waals surface area contributed by atoms with Crippen molar-refractivity contribution >= 4 is 61.6 Å². The predicted molar refractivity (Wildman–Crippen MR) is 141 cm³/mol. The van der Waals surface area contributed by atoms with Crippen LogP contribution < -0.4 is 4.90 Å². The van der Waals surface area contributed by atoms with Crippen LogP contribution in [0.4, 0.5) is 13.9 Å². The van der Waals surface area contributed by atoms with Crippen LogP contribution in [-0.2, 0) is 15.3 Å². The van der Waals surface area contributed by atoms with Crippen LogP contribution in [0.15, 0.2) is 87.2 Å². The Labute approximate surface area is 226 Å². The number of nitrogens with zero attached hydrogens (tertiary/aromatic N) is 3. The third-order valence-electron chi connectivity index (χ3n) is 5.63. The molecule has 0 bridgehead atoms. The predicted octanol–water partition coefficient (Wildman–Crippen LogP) is 6.50. The fraction of sp³-hybridized carbons (Fsp3) is 0.0769. The molecule has 1 amide bonds. The molecule has 1 saturated heterocycles. The maximum Gasteiger partial charge on any atom is 0.301 e. The number of aromatic nitrogens is 2. The lowest BCUT2D eigenvalue weighted by Crippen LogP contribution is -2.29. The second kappa shape index (κ2) is 10.5. The smallest absolute Gasteiger partial charge is 0.301 e. The zero-order valence-corrected chi connectivity index (χ0v) is 22.0. The van der Waals surface area contributed by atoms with Gasteiger partial charge in [0.1, 0.15) is 17.4 Å². The first-order valence-electron chi connectivity index (χ1n) is 10.8. The molecule has 186 valence electrons. The number of halogens is 3. The fourth-order valence-electron chi connectivity index (χ4n) is 3.84. The molecule has 4 aromatic rings. The highest BCUT2D eigenvalue weighted by Crippen LogP contribution is 2.44. The number of hydrogen-bond donors (Lipinski definition) is 1. The molecular formula is C26H16BrF2N3O3S2. The summed E-state index contributed by atoms with van der Waals surface area (Å²) >= 11 is 5.87. The van der Waals surface area contributed by atoms with Gasteiger partial charge in [-0.1, -0.05) is 63.3 Å².